The molecule has 0 fully saturated rings. The largest absolute Gasteiger partial charge is 0.466 e. The number of hydrogen-bond donors (Lipinski definition) is 0. The number of carbonyl (C=O) groups is 1. The number of esters is 1. The number of alkyl halides is 3. The molecule has 0 aromatic heterocycles. The van der Waals surface area contributed by atoms with Crippen LogP contribution in [0.3, 0.4) is 0 Å². The van der Waals surface area contributed by atoms with E-state index in [4.69, 9.17) is 4.74 Å². The predicted molar refractivity (Wildman–Crippen MR) is 107 cm³/mol. The molecule has 0 aliphatic rings. The molecule has 0 amide bonds. The average Bonchev–Trinajstić information content (AvgIpc) is 2.62. The summed E-state index contributed by atoms with van der Waals surface area (Å²) in [6.07, 6.45) is 0.725. The summed E-state index contributed by atoms with van der Waals surface area (Å²) in [5.41, 5.74) is 0.539. The van der Waals surface area contributed by atoms with E-state index in [-0.39, 0.29) is 5.97 Å². The van der Waals surface area contributed by atoms with Crippen LogP contribution in [0.5, 0.6) is 0 Å². The number of unbranched alkanes of at least 4 members (excludes halogenated alkanes) is 5. The van der Waals surface area contributed by atoms with Gasteiger partial charge >= 0.3 is 12.1 Å². The van der Waals surface area contributed by atoms with Gasteiger partial charge in [-0.2, -0.15) is 23.4 Å². The van der Waals surface area contributed by atoms with E-state index in [2.05, 4.69) is 26.2 Å². The quantitative estimate of drug-likeness (QED) is 0.172. The van der Waals surface area contributed by atoms with Crippen LogP contribution in [0.4, 0.5) is 18.9 Å². The Morgan fingerprint density at radius 1 is 1.07 bits per heavy atom. The minimum absolute atomic E-state index is 0.173. The van der Waals surface area contributed by atoms with E-state index in [1.165, 1.54) is 0 Å². The number of nitrogens with zero attached hydrogens (tertiary/aromatic N) is 2. The fraction of sp³-hybridized carbons (Fsp3) is 0.650. The SMILES string of the molecule is CCOC(=O)CCCCCCCCC(CC(F)(F)F)N=Nc1ccc(Br)cc1. The van der Waals surface area contributed by atoms with Crippen LogP contribution in [0, 0.1) is 0 Å². The second-order valence-electron chi connectivity index (χ2n) is 6.63. The van der Waals surface area contributed by atoms with Crippen molar-refractivity contribution in [3.63, 3.8) is 0 Å². The van der Waals surface area contributed by atoms with Crippen molar-refractivity contribution in [2.24, 2.45) is 10.2 Å². The molecule has 1 rings (SSSR count). The summed E-state index contributed by atoms with van der Waals surface area (Å²) >= 11 is 3.30. The molecular weight excluding hydrogens is 437 g/mol. The third-order valence-electron chi connectivity index (χ3n) is 4.10. The minimum Gasteiger partial charge on any atom is -0.466 e. The summed E-state index contributed by atoms with van der Waals surface area (Å²) in [4.78, 5) is 11.2. The third kappa shape index (κ3) is 12.9. The molecule has 4 nitrogen and oxygen atoms in total. The molecule has 158 valence electrons. The van der Waals surface area contributed by atoms with Crippen LogP contribution in [0.15, 0.2) is 39.0 Å². The lowest BCUT2D eigenvalue weighted by Gasteiger charge is -2.13. The molecule has 0 radical (unpaired) electrons. The number of rotatable bonds is 13. The number of carbonyl (C=O) groups excluding carboxylic acids is 1. The van der Waals surface area contributed by atoms with Crippen molar-refractivity contribution < 1.29 is 22.7 Å². The Kier molecular flexibility index (Phi) is 12.0. The van der Waals surface area contributed by atoms with Gasteiger partial charge in [0.25, 0.3) is 0 Å². The zero-order valence-corrected chi connectivity index (χ0v) is 17.8. The molecule has 1 unspecified atom stereocenters. The van der Waals surface area contributed by atoms with Gasteiger partial charge in [-0.25, -0.2) is 0 Å². The number of hydrogen-bond acceptors (Lipinski definition) is 4. The number of benzene rings is 1. The monoisotopic (exact) mass is 464 g/mol. The Balaban J connectivity index is 2.30. The molecule has 8 heteroatoms. The summed E-state index contributed by atoms with van der Waals surface area (Å²) in [7, 11) is 0. The second-order valence-corrected chi connectivity index (χ2v) is 7.55. The van der Waals surface area contributed by atoms with Crippen molar-refractivity contribution >= 4 is 27.6 Å². The first-order chi connectivity index (χ1) is 13.3. The molecule has 0 heterocycles. The van der Waals surface area contributed by atoms with Crippen molar-refractivity contribution in [1.82, 2.24) is 0 Å². The maximum absolute atomic E-state index is 12.8. The van der Waals surface area contributed by atoms with Crippen LogP contribution in [-0.2, 0) is 9.53 Å². The van der Waals surface area contributed by atoms with Gasteiger partial charge in [-0.05, 0) is 44.0 Å². The molecule has 1 atom stereocenters. The van der Waals surface area contributed by atoms with Gasteiger partial charge in [-0.3, -0.25) is 4.79 Å². The van der Waals surface area contributed by atoms with Gasteiger partial charge in [-0.1, -0.05) is 48.0 Å². The maximum atomic E-state index is 12.8. The molecule has 28 heavy (non-hydrogen) atoms. The maximum Gasteiger partial charge on any atom is 0.391 e. The van der Waals surface area contributed by atoms with E-state index < -0.39 is 18.6 Å². The van der Waals surface area contributed by atoms with E-state index in [0.29, 0.717) is 31.6 Å². The molecule has 0 N–H and O–H groups in total. The topological polar surface area (TPSA) is 51.0 Å². The lowest BCUT2D eigenvalue weighted by Crippen LogP contribution is -2.17. The zero-order chi connectivity index (χ0) is 20.8. The van der Waals surface area contributed by atoms with Crippen LogP contribution in [0.25, 0.3) is 0 Å². The van der Waals surface area contributed by atoms with Crippen LogP contribution >= 0.6 is 15.9 Å². The third-order valence-corrected chi connectivity index (χ3v) is 4.63. The molecule has 1 aromatic rings. The molecule has 0 bridgehead atoms. The van der Waals surface area contributed by atoms with E-state index >= 15 is 0 Å². The predicted octanol–water partition coefficient (Wildman–Crippen LogP) is 7.54. The molecule has 0 saturated carbocycles. The zero-order valence-electron chi connectivity index (χ0n) is 16.2. The highest BCUT2D eigenvalue weighted by Crippen LogP contribution is 2.27. The van der Waals surface area contributed by atoms with Crippen molar-refractivity contribution in [2.45, 2.75) is 76.9 Å². The number of halogens is 4. The van der Waals surface area contributed by atoms with Crippen molar-refractivity contribution in [3.8, 4) is 0 Å². The normalized spacial score (nSPS) is 13.0. The summed E-state index contributed by atoms with van der Waals surface area (Å²) in [6, 6.07) is 6.10. The van der Waals surface area contributed by atoms with E-state index in [9.17, 15) is 18.0 Å². The first-order valence-corrected chi connectivity index (χ1v) is 10.5. The summed E-state index contributed by atoms with van der Waals surface area (Å²) in [5.74, 6) is -0.173. The smallest absolute Gasteiger partial charge is 0.391 e. The number of azo groups is 1. The Morgan fingerprint density at radius 3 is 2.29 bits per heavy atom. The van der Waals surface area contributed by atoms with E-state index in [0.717, 1.165) is 36.6 Å². The Morgan fingerprint density at radius 2 is 1.68 bits per heavy atom. The van der Waals surface area contributed by atoms with E-state index in [1.54, 1.807) is 31.2 Å². The minimum atomic E-state index is -4.25. The van der Waals surface area contributed by atoms with Crippen molar-refractivity contribution in [2.75, 3.05) is 6.61 Å². The van der Waals surface area contributed by atoms with Crippen molar-refractivity contribution in [1.29, 1.82) is 0 Å². The van der Waals surface area contributed by atoms with Gasteiger partial charge in [0.15, 0.2) is 0 Å². The first-order valence-electron chi connectivity index (χ1n) is 9.69. The van der Waals surface area contributed by atoms with Crippen LogP contribution in [0.2, 0.25) is 0 Å². The lowest BCUT2D eigenvalue weighted by molar-refractivity contribution is -0.143. The van der Waals surface area contributed by atoms with Crippen LogP contribution in [-0.4, -0.2) is 24.8 Å². The molecule has 0 aliphatic heterocycles. The lowest BCUT2D eigenvalue weighted by atomic mass is 10.0. The van der Waals surface area contributed by atoms with Gasteiger partial charge < -0.3 is 4.74 Å². The Bertz CT molecular complexity index is 592. The number of ether oxygens (including phenoxy) is 1. The van der Waals surface area contributed by atoms with Crippen molar-refractivity contribution in [3.05, 3.63) is 28.7 Å². The fourth-order valence-electron chi connectivity index (χ4n) is 2.71. The van der Waals surface area contributed by atoms with Gasteiger partial charge in [0.05, 0.1) is 24.8 Å². The highest BCUT2D eigenvalue weighted by molar-refractivity contribution is 9.10. The highest BCUT2D eigenvalue weighted by atomic mass is 79.9. The van der Waals surface area contributed by atoms with Gasteiger partial charge in [0.1, 0.15) is 0 Å². The second kappa shape index (κ2) is 13.7. The molecule has 0 saturated heterocycles. The van der Waals surface area contributed by atoms with Crippen LogP contribution in [0.1, 0.15) is 64.7 Å². The van der Waals surface area contributed by atoms with Gasteiger partial charge in [0, 0.05) is 10.9 Å². The van der Waals surface area contributed by atoms with Gasteiger partial charge in [-0.15, -0.1) is 0 Å². The molecule has 1 aromatic carbocycles. The molecular formula is C20H28BrF3N2O2. The first kappa shape index (κ1) is 24.6. The van der Waals surface area contributed by atoms with Crippen LogP contribution < -0.4 is 0 Å². The van der Waals surface area contributed by atoms with E-state index in [1.807, 2.05) is 0 Å². The fourth-order valence-corrected chi connectivity index (χ4v) is 2.98. The summed E-state index contributed by atoms with van der Waals surface area (Å²) < 4.78 is 44.1. The molecule has 0 spiro atoms. The summed E-state index contributed by atoms with van der Waals surface area (Å²) in [5, 5.41) is 7.89. The summed E-state index contributed by atoms with van der Waals surface area (Å²) in [6.45, 7) is 2.18. The average molecular weight is 465 g/mol. The van der Waals surface area contributed by atoms with Gasteiger partial charge in [0.2, 0.25) is 0 Å². The highest BCUT2D eigenvalue weighted by Gasteiger charge is 2.31. The Hall–Kier alpha value is -1.44. The molecule has 0 aliphatic carbocycles. The standard InChI is InChI=1S/C20H28BrF3N2O2/c1-2-28-19(27)10-8-6-4-3-5-7-9-18(15-20(22,23)24)26-25-17-13-11-16(21)12-14-17/h11-14,18H,2-10,15H2,1H3. The Labute approximate surface area is 173 Å².